The van der Waals surface area contributed by atoms with Gasteiger partial charge in [-0.25, -0.2) is 0 Å². The molecule has 0 aromatic heterocycles. The Morgan fingerprint density at radius 2 is 2.27 bits per heavy atom. The summed E-state index contributed by atoms with van der Waals surface area (Å²) < 4.78 is 4.52. The third-order valence-corrected chi connectivity index (χ3v) is 4.52. The molecule has 0 bridgehead atoms. The summed E-state index contributed by atoms with van der Waals surface area (Å²) >= 11 is 6.66. The average molecular weight is 286 g/mol. The lowest BCUT2D eigenvalue weighted by atomic mass is 9.90. The van der Waals surface area contributed by atoms with E-state index in [0.717, 1.165) is 0 Å². The Morgan fingerprint density at radius 3 is 2.45 bits per heavy atom. The summed E-state index contributed by atoms with van der Waals surface area (Å²) in [6, 6.07) is 0. The maximum Gasteiger partial charge on any atom is 0.327 e. The molecule has 0 unspecified atom stereocenters. The monoisotopic (exact) mass is 284 g/mol. The molecule has 2 atom stereocenters. The number of halogens is 2. The topological polar surface area (TPSA) is 26.3 Å². The molecule has 1 aliphatic heterocycles. The third-order valence-electron chi connectivity index (χ3n) is 1.82. The Hall–Kier alpha value is 0.430. The van der Waals surface area contributed by atoms with E-state index in [1.165, 1.54) is 0 Å². The van der Waals surface area contributed by atoms with Crippen molar-refractivity contribution in [2.45, 2.75) is 24.3 Å². The van der Waals surface area contributed by atoms with Crippen molar-refractivity contribution in [3.8, 4) is 0 Å². The number of esters is 1. The predicted octanol–water partition coefficient (Wildman–Crippen LogP) is 2.10. The first-order valence-corrected chi connectivity index (χ1v) is 5.39. The summed E-state index contributed by atoms with van der Waals surface area (Å²) in [5.41, 5.74) is 0. The van der Waals surface area contributed by atoms with Crippen molar-refractivity contribution >= 4 is 37.8 Å². The molecular weight excluding hydrogens is 276 g/mol. The molecular formula is C7H10Br2O2. The first-order valence-electron chi connectivity index (χ1n) is 3.48. The van der Waals surface area contributed by atoms with Gasteiger partial charge in [0.15, 0.2) is 4.32 Å². The number of hydrogen-bond donors (Lipinski definition) is 0. The van der Waals surface area contributed by atoms with Gasteiger partial charge in [0, 0.05) is 5.33 Å². The lowest BCUT2D eigenvalue weighted by Gasteiger charge is -2.43. The molecule has 1 heterocycles. The van der Waals surface area contributed by atoms with Crippen LogP contribution >= 0.6 is 31.9 Å². The van der Waals surface area contributed by atoms with Crippen LogP contribution in [0, 0.1) is 5.92 Å². The largest absolute Gasteiger partial charge is 0.459 e. The highest BCUT2D eigenvalue weighted by molar-refractivity contribution is 9.12. The van der Waals surface area contributed by atoms with Gasteiger partial charge < -0.3 is 4.74 Å². The first kappa shape index (κ1) is 9.52. The molecule has 1 saturated heterocycles. The van der Waals surface area contributed by atoms with Crippen molar-refractivity contribution < 1.29 is 9.53 Å². The molecule has 0 N–H and O–H groups in total. The molecule has 1 rings (SSSR count). The van der Waals surface area contributed by atoms with Crippen molar-refractivity contribution in [2.24, 2.45) is 5.92 Å². The van der Waals surface area contributed by atoms with Crippen molar-refractivity contribution in [3.63, 3.8) is 0 Å². The van der Waals surface area contributed by atoms with Gasteiger partial charge in [-0.15, -0.1) is 0 Å². The number of carbonyl (C=O) groups is 1. The van der Waals surface area contributed by atoms with Gasteiger partial charge in [-0.3, -0.25) is 4.79 Å². The van der Waals surface area contributed by atoms with Gasteiger partial charge in [-0.2, -0.15) is 0 Å². The normalized spacial score (nSPS) is 36.8. The van der Waals surface area contributed by atoms with Crippen molar-refractivity contribution in [2.75, 3.05) is 5.33 Å². The molecule has 0 spiro atoms. The van der Waals surface area contributed by atoms with Crippen LogP contribution in [0.2, 0.25) is 0 Å². The Bertz CT molecular complexity index is 181. The molecule has 1 aliphatic rings. The second kappa shape index (κ2) is 3.05. The number of carbonyl (C=O) groups excluding carboxylic acids is 1. The first-order chi connectivity index (χ1) is 5.02. The minimum Gasteiger partial charge on any atom is -0.459 e. The van der Waals surface area contributed by atoms with E-state index in [4.69, 9.17) is 4.74 Å². The summed E-state index contributed by atoms with van der Waals surface area (Å²) in [7, 11) is 0. The third kappa shape index (κ3) is 1.35. The fourth-order valence-electron chi connectivity index (χ4n) is 1.16. The fourth-order valence-corrected chi connectivity index (χ4v) is 2.42. The lowest BCUT2D eigenvalue weighted by molar-refractivity contribution is -0.180. The van der Waals surface area contributed by atoms with Crippen LogP contribution in [0.3, 0.4) is 0 Å². The van der Waals surface area contributed by atoms with Crippen molar-refractivity contribution in [3.05, 3.63) is 0 Å². The van der Waals surface area contributed by atoms with E-state index < -0.39 is 4.32 Å². The molecule has 11 heavy (non-hydrogen) atoms. The number of cyclic esters (lactones) is 1. The SMILES string of the molecule is CC(C)[C@@H]1OC(=O)[C@]1(Br)CBr. The average Bonchev–Trinajstić information content (AvgIpc) is 1.97. The molecule has 4 heteroatoms. The van der Waals surface area contributed by atoms with Gasteiger partial charge in [0.25, 0.3) is 0 Å². The highest BCUT2D eigenvalue weighted by Gasteiger charge is 2.56. The Labute approximate surface area is 82.9 Å². The molecule has 0 aromatic carbocycles. The highest BCUT2D eigenvalue weighted by atomic mass is 79.9. The van der Waals surface area contributed by atoms with Crippen molar-refractivity contribution in [1.29, 1.82) is 0 Å². The zero-order valence-electron chi connectivity index (χ0n) is 6.43. The zero-order valence-corrected chi connectivity index (χ0v) is 9.61. The van der Waals surface area contributed by atoms with Gasteiger partial charge in [0.1, 0.15) is 6.10 Å². The van der Waals surface area contributed by atoms with E-state index in [2.05, 4.69) is 31.9 Å². The molecule has 64 valence electrons. The Morgan fingerprint density at radius 1 is 1.73 bits per heavy atom. The van der Waals surface area contributed by atoms with E-state index >= 15 is 0 Å². The molecule has 0 amide bonds. The second-order valence-electron chi connectivity index (χ2n) is 3.07. The predicted molar refractivity (Wildman–Crippen MR) is 50.2 cm³/mol. The molecule has 1 fully saturated rings. The van der Waals surface area contributed by atoms with Gasteiger partial charge in [-0.05, 0) is 5.92 Å². The summed E-state index contributed by atoms with van der Waals surface area (Å²) in [5.74, 6) is 0.206. The van der Waals surface area contributed by atoms with Gasteiger partial charge in [0.05, 0.1) is 0 Å². The zero-order chi connectivity index (χ0) is 8.65. The minimum absolute atomic E-state index is 0.00868. The molecule has 0 aromatic rings. The number of ether oxygens (including phenoxy) is 1. The van der Waals surface area contributed by atoms with E-state index in [1.54, 1.807) is 0 Å². The molecule has 0 aliphatic carbocycles. The van der Waals surface area contributed by atoms with Crippen molar-refractivity contribution in [1.82, 2.24) is 0 Å². The summed E-state index contributed by atoms with van der Waals surface area (Å²) in [5, 5.41) is 0.613. The summed E-state index contributed by atoms with van der Waals surface area (Å²) in [4.78, 5) is 11.0. The van der Waals surface area contributed by atoms with Crippen LogP contribution in [0.1, 0.15) is 13.8 Å². The number of hydrogen-bond acceptors (Lipinski definition) is 2. The molecule has 2 nitrogen and oxygen atoms in total. The Balaban J connectivity index is 2.68. The van der Waals surface area contributed by atoms with E-state index in [1.807, 2.05) is 13.8 Å². The van der Waals surface area contributed by atoms with E-state index in [0.29, 0.717) is 11.2 Å². The summed E-state index contributed by atoms with van der Waals surface area (Å²) in [6.07, 6.45) is 0.00868. The molecule has 0 saturated carbocycles. The van der Waals surface area contributed by atoms with Crippen LogP contribution in [0.25, 0.3) is 0 Å². The maximum absolute atomic E-state index is 11.0. The van der Waals surface area contributed by atoms with Crippen LogP contribution in [0.15, 0.2) is 0 Å². The fraction of sp³-hybridized carbons (Fsp3) is 0.857. The number of rotatable bonds is 2. The number of alkyl halides is 2. The van der Waals surface area contributed by atoms with Crippen LogP contribution in [-0.4, -0.2) is 21.7 Å². The standard InChI is InChI=1S/C7H10Br2O2/c1-4(2)5-7(9,3-8)6(10)11-5/h4-5H,3H2,1-2H3/t5-,7-/m0/s1. The highest BCUT2D eigenvalue weighted by Crippen LogP contribution is 2.41. The van der Waals surface area contributed by atoms with Gasteiger partial charge in [0.2, 0.25) is 0 Å². The summed E-state index contributed by atoms with van der Waals surface area (Å²) in [6.45, 7) is 4.07. The molecule has 0 radical (unpaired) electrons. The minimum atomic E-state index is -0.471. The smallest absolute Gasteiger partial charge is 0.327 e. The van der Waals surface area contributed by atoms with Crippen LogP contribution in [0.4, 0.5) is 0 Å². The van der Waals surface area contributed by atoms with Crippen LogP contribution < -0.4 is 0 Å². The van der Waals surface area contributed by atoms with Gasteiger partial charge in [-0.1, -0.05) is 45.7 Å². The van der Waals surface area contributed by atoms with Gasteiger partial charge >= 0.3 is 5.97 Å². The maximum atomic E-state index is 11.0. The second-order valence-corrected chi connectivity index (χ2v) is 5.04. The Kier molecular flexibility index (Phi) is 2.64. The quantitative estimate of drug-likeness (QED) is 0.574. The van der Waals surface area contributed by atoms with Crippen LogP contribution in [0.5, 0.6) is 0 Å². The lowest BCUT2D eigenvalue weighted by Crippen LogP contribution is -2.61. The van der Waals surface area contributed by atoms with E-state index in [9.17, 15) is 4.79 Å². The van der Waals surface area contributed by atoms with Crippen LogP contribution in [-0.2, 0) is 9.53 Å². The van der Waals surface area contributed by atoms with E-state index in [-0.39, 0.29) is 12.1 Å².